The van der Waals surface area contributed by atoms with E-state index in [2.05, 4.69) is 10.0 Å². The molecule has 1 aromatic carbocycles. The highest BCUT2D eigenvalue weighted by Gasteiger charge is 2.36. The van der Waals surface area contributed by atoms with Crippen LogP contribution in [0.2, 0.25) is 0 Å². The topological polar surface area (TPSA) is 80.2 Å². The summed E-state index contributed by atoms with van der Waals surface area (Å²) >= 11 is 0. The van der Waals surface area contributed by atoms with Gasteiger partial charge in [0.05, 0.1) is 22.3 Å². The molecule has 6 nitrogen and oxygen atoms in total. The first-order chi connectivity index (χ1) is 12.2. The molecule has 0 spiro atoms. The smallest absolute Gasteiger partial charge is 0.255 e. The van der Waals surface area contributed by atoms with Crippen LogP contribution in [-0.4, -0.2) is 18.2 Å². The lowest BCUT2D eigenvalue weighted by Crippen LogP contribution is -2.24. The lowest BCUT2D eigenvalue weighted by atomic mass is 10.1. The van der Waals surface area contributed by atoms with Crippen molar-refractivity contribution < 1.29 is 12.8 Å². The first-order valence-electron chi connectivity index (χ1n) is 8.50. The van der Waals surface area contributed by atoms with Crippen LogP contribution in [0.5, 0.6) is 0 Å². The third-order valence-corrected chi connectivity index (χ3v) is 6.38. The van der Waals surface area contributed by atoms with Gasteiger partial charge in [0.1, 0.15) is 5.82 Å². The van der Waals surface area contributed by atoms with Gasteiger partial charge in [0.2, 0.25) is 10.0 Å². The Kier molecular flexibility index (Phi) is 4.79. The number of halogens is 1. The standard InChI is InChI=1S/C18H22FN3O3S/c1-4-12-5-8-15(14(19)9-12)20-17-11(2)18(23)22(3)10-16(17)21-26(24,25)13-6-7-13/h5,8-10,13,20-21H,4,6-7H2,1-3H3. The molecule has 0 saturated heterocycles. The third kappa shape index (κ3) is 3.60. The zero-order valence-electron chi connectivity index (χ0n) is 15.0. The maximum Gasteiger partial charge on any atom is 0.255 e. The zero-order valence-corrected chi connectivity index (χ0v) is 15.8. The molecule has 1 aliphatic rings. The molecule has 8 heteroatoms. The predicted octanol–water partition coefficient (Wildman–Crippen LogP) is 3.04. The van der Waals surface area contributed by atoms with Crippen LogP contribution in [0, 0.1) is 12.7 Å². The van der Waals surface area contributed by atoms with E-state index in [0.29, 0.717) is 24.8 Å². The van der Waals surface area contributed by atoms with E-state index in [4.69, 9.17) is 0 Å². The molecule has 1 aromatic heterocycles. The van der Waals surface area contributed by atoms with Crippen molar-refractivity contribution in [2.75, 3.05) is 10.0 Å². The molecule has 1 saturated carbocycles. The van der Waals surface area contributed by atoms with Crippen LogP contribution in [0.1, 0.15) is 30.9 Å². The van der Waals surface area contributed by atoms with Crippen LogP contribution in [0.15, 0.2) is 29.2 Å². The lowest BCUT2D eigenvalue weighted by Gasteiger charge is -2.18. The van der Waals surface area contributed by atoms with Crippen molar-refractivity contribution in [3.8, 4) is 0 Å². The van der Waals surface area contributed by atoms with Gasteiger partial charge in [-0.05, 0) is 43.9 Å². The van der Waals surface area contributed by atoms with Crippen LogP contribution in [-0.2, 0) is 23.5 Å². The Labute approximate surface area is 152 Å². The van der Waals surface area contributed by atoms with E-state index in [1.54, 1.807) is 26.1 Å². The number of hydrogen-bond donors (Lipinski definition) is 2. The summed E-state index contributed by atoms with van der Waals surface area (Å²) in [6.45, 7) is 3.51. The number of aromatic nitrogens is 1. The fraction of sp³-hybridized carbons (Fsp3) is 0.389. The summed E-state index contributed by atoms with van der Waals surface area (Å²) in [6.07, 6.45) is 3.36. The Balaban J connectivity index is 2.04. The molecule has 0 unspecified atom stereocenters. The number of sulfonamides is 1. The monoisotopic (exact) mass is 379 g/mol. The molecule has 1 fully saturated rings. The van der Waals surface area contributed by atoms with Crippen molar-refractivity contribution in [3.05, 3.63) is 51.7 Å². The highest BCUT2D eigenvalue weighted by Crippen LogP contribution is 2.34. The van der Waals surface area contributed by atoms with Crippen LogP contribution in [0.25, 0.3) is 0 Å². The van der Waals surface area contributed by atoms with Crippen molar-refractivity contribution in [1.82, 2.24) is 4.57 Å². The second kappa shape index (κ2) is 6.75. The molecule has 1 aliphatic carbocycles. The number of anilines is 3. The predicted molar refractivity (Wildman–Crippen MR) is 101 cm³/mol. The lowest BCUT2D eigenvalue weighted by molar-refractivity contribution is 0.600. The Bertz CT molecular complexity index is 1010. The summed E-state index contributed by atoms with van der Waals surface area (Å²) in [6, 6.07) is 4.80. The third-order valence-electron chi connectivity index (χ3n) is 4.53. The van der Waals surface area contributed by atoms with Gasteiger partial charge < -0.3 is 9.88 Å². The maximum absolute atomic E-state index is 14.4. The van der Waals surface area contributed by atoms with Gasteiger partial charge in [0.25, 0.3) is 5.56 Å². The minimum Gasteiger partial charge on any atom is -0.351 e. The van der Waals surface area contributed by atoms with Crippen LogP contribution < -0.4 is 15.6 Å². The van der Waals surface area contributed by atoms with Crippen molar-refractivity contribution in [3.63, 3.8) is 0 Å². The minimum atomic E-state index is -3.52. The average molecular weight is 379 g/mol. The molecule has 1 heterocycles. The Hall–Kier alpha value is -2.35. The van der Waals surface area contributed by atoms with Crippen molar-refractivity contribution in [2.24, 2.45) is 7.05 Å². The number of rotatable bonds is 6. The van der Waals surface area contributed by atoms with E-state index < -0.39 is 21.1 Å². The van der Waals surface area contributed by atoms with Gasteiger partial charge in [-0.3, -0.25) is 9.52 Å². The molecule has 0 atom stereocenters. The fourth-order valence-electron chi connectivity index (χ4n) is 2.76. The van der Waals surface area contributed by atoms with Gasteiger partial charge in [-0.1, -0.05) is 13.0 Å². The summed E-state index contributed by atoms with van der Waals surface area (Å²) in [5.41, 5.74) is 1.56. The highest BCUT2D eigenvalue weighted by atomic mass is 32.2. The largest absolute Gasteiger partial charge is 0.351 e. The number of benzene rings is 1. The molecule has 140 valence electrons. The first kappa shape index (κ1) is 18.4. The van der Waals surface area contributed by atoms with Crippen LogP contribution in [0.4, 0.5) is 21.5 Å². The minimum absolute atomic E-state index is 0.186. The fourth-order valence-corrected chi connectivity index (χ4v) is 4.14. The number of pyridine rings is 1. The van der Waals surface area contributed by atoms with Crippen LogP contribution in [0.3, 0.4) is 0 Å². The summed E-state index contributed by atoms with van der Waals surface area (Å²) in [5, 5.41) is 2.49. The molecule has 0 amide bonds. The maximum atomic E-state index is 14.4. The van der Waals surface area contributed by atoms with E-state index in [1.807, 2.05) is 6.92 Å². The molecule has 26 heavy (non-hydrogen) atoms. The number of nitrogens with one attached hydrogen (secondary N) is 2. The van der Waals surface area contributed by atoms with E-state index in [0.717, 1.165) is 5.56 Å². The molecular formula is C18H22FN3O3S. The van der Waals surface area contributed by atoms with Gasteiger partial charge in [-0.15, -0.1) is 0 Å². The van der Waals surface area contributed by atoms with Crippen LogP contribution >= 0.6 is 0 Å². The van der Waals surface area contributed by atoms with Crippen molar-refractivity contribution in [1.29, 1.82) is 0 Å². The van der Waals surface area contributed by atoms with Gasteiger partial charge in [-0.2, -0.15) is 0 Å². The van der Waals surface area contributed by atoms with E-state index in [-0.39, 0.29) is 22.6 Å². The van der Waals surface area contributed by atoms with E-state index in [9.17, 15) is 17.6 Å². The van der Waals surface area contributed by atoms with Gasteiger partial charge in [0.15, 0.2) is 0 Å². The number of hydrogen-bond acceptors (Lipinski definition) is 4. The van der Waals surface area contributed by atoms with Gasteiger partial charge in [-0.25, -0.2) is 12.8 Å². The zero-order chi connectivity index (χ0) is 19.1. The summed E-state index contributed by atoms with van der Waals surface area (Å²) in [4.78, 5) is 12.3. The molecule has 0 bridgehead atoms. The summed E-state index contributed by atoms with van der Waals surface area (Å²) < 4.78 is 42.9. The number of nitrogens with zero attached hydrogens (tertiary/aromatic N) is 1. The van der Waals surface area contributed by atoms with E-state index >= 15 is 0 Å². The van der Waals surface area contributed by atoms with Crippen molar-refractivity contribution in [2.45, 2.75) is 38.4 Å². The number of aryl methyl sites for hydroxylation is 2. The second-order valence-electron chi connectivity index (χ2n) is 6.60. The second-order valence-corrected chi connectivity index (χ2v) is 8.56. The Morgan fingerprint density at radius 1 is 1.27 bits per heavy atom. The van der Waals surface area contributed by atoms with E-state index in [1.165, 1.54) is 16.8 Å². The Morgan fingerprint density at radius 3 is 2.54 bits per heavy atom. The molecule has 3 rings (SSSR count). The Morgan fingerprint density at radius 2 is 1.96 bits per heavy atom. The average Bonchev–Trinajstić information content (AvgIpc) is 3.43. The molecule has 0 aliphatic heterocycles. The quantitative estimate of drug-likeness (QED) is 0.808. The molecule has 2 aromatic rings. The SMILES string of the molecule is CCc1ccc(Nc2c(NS(=O)(=O)C3CC3)cn(C)c(=O)c2C)c(F)c1. The summed E-state index contributed by atoms with van der Waals surface area (Å²) in [5.74, 6) is -0.458. The molecular weight excluding hydrogens is 357 g/mol. The normalized spacial score (nSPS) is 14.3. The first-order valence-corrected chi connectivity index (χ1v) is 10.0. The summed E-state index contributed by atoms with van der Waals surface area (Å²) in [7, 11) is -1.97. The van der Waals surface area contributed by atoms with Gasteiger partial charge in [0, 0.05) is 18.8 Å². The highest BCUT2D eigenvalue weighted by molar-refractivity contribution is 7.93. The molecule has 2 N–H and O–H groups in total. The van der Waals surface area contributed by atoms with Gasteiger partial charge >= 0.3 is 0 Å². The van der Waals surface area contributed by atoms with Crippen molar-refractivity contribution >= 4 is 27.1 Å². The molecule has 0 radical (unpaired) electrons.